The number of hydrogen-bond acceptors (Lipinski definition) is 4. The molecule has 2 atom stereocenters. The van der Waals surface area contributed by atoms with Crippen LogP contribution in [0.25, 0.3) is 0 Å². The van der Waals surface area contributed by atoms with Crippen molar-refractivity contribution in [2.75, 3.05) is 4.90 Å². The zero-order chi connectivity index (χ0) is 15.9. The Morgan fingerprint density at radius 3 is 2.77 bits per heavy atom. The number of benzene rings is 1. The van der Waals surface area contributed by atoms with E-state index >= 15 is 0 Å². The zero-order valence-corrected chi connectivity index (χ0v) is 13.2. The second-order valence-electron chi connectivity index (χ2n) is 5.98. The molecule has 0 bridgehead atoms. The number of aryl methyl sites for hydroxylation is 2. The summed E-state index contributed by atoms with van der Waals surface area (Å²) in [4.78, 5) is 18.4. The molecule has 0 unspecified atom stereocenters. The Morgan fingerprint density at radius 2 is 2.14 bits per heavy atom. The molecule has 116 valence electrons. The average molecular weight is 299 g/mol. The molecular weight excluding hydrogens is 278 g/mol. The summed E-state index contributed by atoms with van der Waals surface area (Å²) in [7, 11) is 0. The standard InChI is InChI=1S/C17H21N3O2/c1-10-8-14(17(18)21)13-6-4-5-7-15(13)20(10)9-16-19-11(2)12(3)22-16/h4-7,10,14H,8-9H2,1-3H3,(H2,18,21)/t10-,14+/m0/s1. The fourth-order valence-electron chi connectivity index (χ4n) is 3.14. The molecule has 3 rings (SSSR count). The maximum atomic E-state index is 11.7. The van der Waals surface area contributed by atoms with Gasteiger partial charge in [-0.3, -0.25) is 4.79 Å². The number of aromatic nitrogens is 1. The van der Waals surface area contributed by atoms with Gasteiger partial charge in [0.1, 0.15) is 5.76 Å². The van der Waals surface area contributed by atoms with Crippen molar-refractivity contribution >= 4 is 11.6 Å². The fourth-order valence-corrected chi connectivity index (χ4v) is 3.14. The number of nitrogens with zero attached hydrogens (tertiary/aromatic N) is 2. The lowest BCUT2D eigenvalue weighted by molar-refractivity contribution is -0.119. The minimum absolute atomic E-state index is 0.194. The molecule has 2 aromatic rings. The molecule has 2 N–H and O–H groups in total. The van der Waals surface area contributed by atoms with E-state index in [1.807, 2.05) is 38.1 Å². The van der Waals surface area contributed by atoms with Crippen LogP contribution >= 0.6 is 0 Å². The van der Waals surface area contributed by atoms with Gasteiger partial charge in [0.15, 0.2) is 0 Å². The van der Waals surface area contributed by atoms with Crippen molar-refractivity contribution in [2.24, 2.45) is 5.73 Å². The first-order chi connectivity index (χ1) is 10.5. The van der Waals surface area contributed by atoms with Gasteiger partial charge in [0, 0.05) is 11.7 Å². The van der Waals surface area contributed by atoms with Gasteiger partial charge in [-0.15, -0.1) is 0 Å². The van der Waals surface area contributed by atoms with Crippen LogP contribution in [0.15, 0.2) is 28.7 Å². The van der Waals surface area contributed by atoms with Gasteiger partial charge in [-0.25, -0.2) is 4.98 Å². The number of primary amides is 1. The van der Waals surface area contributed by atoms with E-state index in [1.165, 1.54) is 0 Å². The van der Waals surface area contributed by atoms with Crippen LogP contribution < -0.4 is 10.6 Å². The molecule has 5 heteroatoms. The highest BCUT2D eigenvalue weighted by molar-refractivity contribution is 5.85. The Hall–Kier alpha value is -2.30. The van der Waals surface area contributed by atoms with Crippen LogP contribution in [0.5, 0.6) is 0 Å². The number of fused-ring (bicyclic) bond motifs is 1. The molecule has 0 radical (unpaired) electrons. The number of nitrogens with two attached hydrogens (primary N) is 1. The van der Waals surface area contributed by atoms with Gasteiger partial charge in [0.05, 0.1) is 18.2 Å². The minimum atomic E-state index is -0.262. The van der Waals surface area contributed by atoms with Gasteiger partial charge in [-0.1, -0.05) is 18.2 Å². The van der Waals surface area contributed by atoms with Gasteiger partial charge in [-0.2, -0.15) is 0 Å². The van der Waals surface area contributed by atoms with Crippen molar-refractivity contribution in [2.45, 2.75) is 45.7 Å². The maximum absolute atomic E-state index is 11.7. The Kier molecular flexibility index (Phi) is 3.64. The Balaban J connectivity index is 1.97. The van der Waals surface area contributed by atoms with E-state index in [4.69, 9.17) is 10.2 Å². The highest BCUT2D eigenvalue weighted by atomic mass is 16.4. The zero-order valence-electron chi connectivity index (χ0n) is 13.2. The summed E-state index contributed by atoms with van der Waals surface area (Å²) in [5.41, 5.74) is 8.53. The molecule has 0 fully saturated rings. The SMILES string of the molecule is Cc1nc(CN2c3ccccc3[C@H](C(N)=O)C[C@@H]2C)oc1C. The largest absolute Gasteiger partial charge is 0.444 e. The third kappa shape index (κ3) is 2.47. The lowest BCUT2D eigenvalue weighted by Gasteiger charge is -2.39. The molecule has 1 aromatic carbocycles. The van der Waals surface area contributed by atoms with Crippen molar-refractivity contribution in [1.82, 2.24) is 4.98 Å². The Morgan fingerprint density at radius 1 is 1.41 bits per heavy atom. The summed E-state index contributed by atoms with van der Waals surface area (Å²) in [5, 5.41) is 0. The molecule has 1 aliphatic heterocycles. The van der Waals surface area contributed by atoms with Crippen molar-refractivity contribution in [1.29, 1.82) is 0 Å². The molecule has 0 saturated heterocycles. The molecule has 1 aliphatic rings. The average Bonchev–Trinajstić information content (AvgIpc) is 2.80. The van der Waals surface area contributed by atoms with E-state index < -0.39 is 0 Å². The van der Waals surface area contributed by atoms with E-state index in [2.05, 4.69) is 16.8 Å². The second kappa shape index (κ2) is 5.48. The van der Waals surface area contributed by atoms with Gasteiger partial charge < -0.3 is 15.1 Å². The smallest absolute Gasteiger partial charge is 0.225 e. The number of hydrogen-bond donors (Lipinski definition) is 1. The van der Waals surface area contributed by atoms with Gasteiger partial charge >= 0.3 is 0 Å². The summed E-state index contributed by atoms with van der Waals surface area (Å²) in [6.45, 7) is 6.56. The summed E-state index contributed by atoms with van der Waals surface area (Å²) in [6, 6.07) is 8.13. The molecule has 0 aliphatic carbocycles. The van der Waals surface area contributed by atoms with Crippen LogP contribution in [0.4, 0.5) is 5.69 Å². The number of anilines is 1. The Labute approximate surface area is 130 Å². The molecule has 2 heterocycles. The molecule has 5 nitrogen and oxygen atoms in total. The molecule has 0 saturated carbocycles. The first-order valence-electron chi connectivity index (χ1n) is 7.55. The highest BCUT2D eigenvalue weighted by Crippen LogP contribution is 2.38. The molecule has 1 aromatic heterocycles. The molecule has 0 spiro atoms. The van der Waals surface area contributed by atoms with Crippen molar-refractivity contribution < 1.29 is 9.21 Å². The van der Waals surface area contributed by atoms with E-state index in [1.54, 1.807) is 0 Å². The molecular formula is C17H21N3O2. The predicted molar refractivity (Wildman–Crippen MR) is 84.6 cm³/mol. The van der Waals surface area contributed by atoms with Gasteiger partial charge in [-0.05, 0) is 38.8 Å². The van der Waals surface area contributed by atoms with E-state index in [0.29, 0.717) is 18.9 Å². The monoisotopic (exact) mass is 299 g/mol. The predicted octanol–water partition coefficient (Wildman–Crippen LogP) is 2.66. The van der Waals surface area contributed by atoms with Crippen LogP contribution in [0.3, 0.4) is 0 Å². The first-order valence-corrected chi connectivity index (χ1v) is 7.55. The molecule has 22 heavy (non-hydrogen) atoms. The third-order valence-corrected chi connectivity index (χ3v) is 4.45. The van der Waals surface area contributed by atoms with E-state index in [-0.39, 0.29) is 17.9 Å². The first kappa shape index (κ1) is 14.6. The second-order valence-corrected chi connectivity index (χ2v) is 5.98. The lowest BCUT2D eigenvalue weighted by atomic mass is 9.85. The lowest BCUT2D eigenvalue weighted by Crippen LogP contribution is -2.41. The quantitative estimate of drug-likeness (QED) is 0.945. The van der Waals surface area contributed by atoms with Crippen LogP contribution in [0, 0.1) is 13.8 Å². The van der Waals surface area contributed by atoms with Gasteiger partial charge in [0.25, 0.3) is 0 Å². The topological polar surface area (TPSA) is 72.4 Å². The number of para-hydroxylation sites is 1. The highest BCUT2D eigenvalue weighted by Gasteiger charge is 2.33. The molecule has 1 amide bonds. The maximum Gasteiger partial charge on any atom is 0.225 e. The van der Waals surface area contributed by atoms with Crippen molar-refractivity contribution in [3.8, 4) is 0 Å². The normalized spacial score (nSPS) is 20.8. The van der Waals surface area contributed by atoms with Crippen molar-refractivity contribution in [3.05, 3.63) is 47.2 Å². The van der Waals surface area contributed by atoms with Gasteiger partial charge in [0.2, 0.25) is 11.8 Å². The fraction of sp³-hybridized carbons (Fsp3) is 0.412. The number of oxazole rings is 1. The Bertz CT molecular complexity index is 688. The number of carbonyl (C=O) groups excluding carboxylic acids is 1. The van der Waals surface area contributed by atoms with Crippen molar-refractivity contribution in [3.63, 3.8) is 0 Å². The summed E-state index contributed by atoms with van der Waals surface area (Å²) >= 11 is 0. The minimum Gasteiger partial charge on any atom is -0.444 e. The van der Waals surface area contributed by atoms with Crippen LogP contribution in [-0.4, -0.2) is 16.9 Å². The summed E-state index contributed by atoms with van der Waals surface area (Å²) < 4.78 is 5.71. The summed E-state index contributed by atoms with van der Waals surface area (Å²) in [6.07, 6.45) is 0.713. The summed E-state index contributed by atoms with van der Waals surface area (Å²) in [5.74, 6) is 1.06. The number of carbonyl (C=O) groups is 1. The van der Waals surface area contributed by atoms with Crippen LogP contribution in [0.2, 0.25) is 0 Å². The van der Waals surface area contributed by atoms with Crippen LogP contribution in [0.1, 0.15) is 42.2 Å². The number of amides is 1. The van der Waals surface area contributed by atoms with E-state index in [9.17, 15) is 4.79 Å². The van der Waals surface area contributed by atoms with Crippen LogP contribution in [-0.2, 0) is 11.3 Å². The number of rotatable bonds is 3. The van der Waals surface area contributed by atoms with E-state index in [0.717, 1.165) is 22.7 Å². The third-order valence-electron chi connectivity index (χ3n) is 4.45.